The Hall–Kier alpha value is -3.26. The first-order chi connectivity index (χ1) is 19.3. The summed E-state index contributed by atoms with van der Waals surface area (Å²) in [4.78, 5) is 28.7. The van der Waals surface area contributed by atoms with Crippen LogP contribution in [0.2, 0.25) is 0 Å². The SMILES string of the molecule is COc1c([C@@H](O)CC(C)C)ccc2c1C(=O)OCc1cc(C)cc(OC(=O)N3CC4(C)CC3CCC(C)(C)C4)c1O2. The maximum atomic E-state index is 13.6. The zero-order chi connectivity index (χ0) is 29.7. The summed E-state index contributed by atoms with van der Waals surface area (Å²) in [5.74, 6) is 0.645. The van der Waals surface area contributed by atoms with Crippen molar-refractivity contribution >= 4 is 12.1 Å². The molecule has 2 bridgehead atoms. The Kier molecular flexibility index (Phi) is 7.74. The minimum absolute atomic E-state index is 0.0587. The van der Waals surface area contributed by atoms with Crippen LogP contribution in [0.1, 0.15) is 99.9 Å². The molecule has 8 heteroatoms. The zero-order valence-corrected chi connectivity index (χ0v) is 25.3. The first-order valence-electron chi connectivity index (χ1n) is 14.6. The second-order valence-corrected chi connectivity index (χ2v) is 13.7. The van der Waals surface area contributed by atoms with Crippen molar-refractivity contribution < 1.29 is 33.6 Å². The first-order valence-corrected chi connectivity index (χ1v) is 14.6. The molecular formula is C33H43NO7. The Balaban J connectivity index is 1.48. The molecule has 41 heavy (non-hydrogen) atoms. The van der Waals surface area contributed by atoms with Gasteiger partial charge >= 0.3 is 12.1 Å². The molecule has 222 valence electrons. The van der Waals surface area contributed by atoms with Crippen molar-refractivity contribution in [1.82, 2.24) is 4.90 Å². The van der Waals surface area contributed by atoms with Crippen LogP contribution in [0.5, 0.6) is 23.0 Å². The Morgan fingerprint density at radius 2 is 1.98 bits per heavy atom. The molecule has 2 aromatic carbocycles. The van der Waals surface area contributed by atoms with Gasteiger partial charge in [0.1, 0.15) is 23.7 Å². The summed E-state index contributed by atoms with van der Waals surface area (Å²) in [6.07, 6.45) is 3.35. The molecule has 3 atom stereocenters. The summed E-state index contributed by atoms with van der Waals surface area (Å²) in [7, 11) is 1.45. The van der Waals surface area contributed by atoms with Crippen LogP contribution in [0.25, 0.3) is 0 Å². The molecule has 2 aromatic rings. The number of aliphatic hydroxyl groups excluding tert-OH is 1. The number of likely N-dealkylation sites (tertiary alicyclic amines) is 1. The quantitative estimate of drug-likeness (QED) is 0.379. The number of hydrogen-bond donors (Lipinski definition) is 1. The molecule has 3 aliphatic rings. The zero-order valence-electron chi connectivity index (χ0n) is 25.3. The number of fused-ring (bicyclic) bond motifs is 4. The number of cyclic esters (lactones) is 1. The number of rotatable bonds is 5. The Bertz CT molecular complexity index is 1350. The van der Waals surface area contributed by atoms with Gasteiger partial charge in [0, 0.05) is 23.7 Å². The third-order valence-electron chi connectivity index (χ3n) is 8.67. The fourth-order valence-corrected chi connectivity index (χ4v) is 7.19. The van der Waals surface area contributed by atoms with Crippen molar-refractivity contribution in [3.63, 3.8) is 0 Å². The molecule has 2 heterocycles. The van der Waals surface area contributed by atoms with Gasteiger partial charge in [-0.2, -0.15) is 0 Å². The van der Waals surface area contributed by atoms with Crippen molar-refractivity contribution in [2.45, 2.75) is 92.4 Å². The topological polar surface area (TPSA) is 94.5 Å². The molecule has 0 aromatic heterocycles. The minimum Gasteiger partial charge on any atom is -0.495 e. The molecule has 0 spiro atoms. The summed E-state index contributed by atoms with van der Waals surface area (Å²) in [5.41, 5.74) is 2.35. The number of esters is 1. The summed E-state index contributed by atoms with van der Waals surface area (Å²) >= 11 is 0. The number of hydrogen-bond acceptors (Lipinski definition) is 7. The van der Waals surface area contributed by atoms with Gasteiger partial charge in [0.2, 0.25) is 0 Å². The molecular weight excluding hydrogens is 522 g/mol. The van der Waals surface area contributed by atoms with Gasteiger partial charge in [-0.3, -0.25) is 0 Å². The number of carbonyl (C=O) groups excluding carboxylic acids is 2. The van der Waals surface area contributed by atoms with E-state index in [2.05, 4.69) is 20.8 Å². The number of aryl methyl sites for hydroxylation is 1. The average Bonchev–Trinajstić information content (AvgIpc) is 3.14. The van der Waals surface area contributed by atoms with Crippen LogP contribution >= 0.6 is 0 Å². The van der Waals surface area contributed by atoms with Crippen LogP contribution < -0.4 is 14.2 Å². The van der Waals surface area contributed by atoms with Crippen molar-refractivity contribution in [3.8, 4) is 23.0 Å². The number of carbonyl (C=O) groups is 2. The molecule has 0 radical (unpaired) electrons. The maximum Gasteiger partial charge on any atom is 0.415 e. The van der Waals surface area contributed by atoms with Crippen molar-refractivity contribution in [1.29, 1.82) is 0 Å². The normalized spacial score (nSPS) is 23.8. The highest BCUT2D eigenvalue weighted by atomic mass is 16.6. The van der Waals surface area contributed by atoms with E-state index in [1.807, 2.05) is 31.7 Å². The molecule has 1 N–H and O–H groups in total. The van der Waals surface area contributed by atoms with Crippen molar-refractivity contribution in [3.05, 3.63) is 46.5 Å². The lowest BCUT2D eigenvalue weighted by Crippen LogP contribution is -2.40. The van der Waals surface area contributed by atoms with E-state index >= 15 is 0 Å². The van der Waals surface area contributed by atoms with Crippen LogP contribution in [-0.4, -0.2) is 41.8 Å². The Morgan fingerprint density at radius 3 is 2.68 bits per heavy atom. The highest BCUT2D eigenvalue weighted by Gasteiger charge is 2.48. The second-order valence-electron chi connectivity index (χ2n) is 13.7. The van der Waals surface area contributed by atoms with E-state index in [1.165, 1.54) is 7.11 Å². The molecule has 2 unspecified atom stereocenters. The maximum absolute atomic E-state index is 13.6. The molecule has 2 aliphatic heterocycles. The third-order valence-corrected chi connectivity index (χ3v) is 8.67. The standard InChI is InChI=1S/C33H43NO7/c1-19(2)12-24(35)23-8-9-25-27(29(23)38-7)30(36)39-16-21-13-20(3)14-26(28(21)40-25)41-31(37)34-18-33(6)15-22(34)10-11-32(4,5)17-33/h8-9,13-14,19,22,24,35H,10-12,15-18H2,1-7H3/t22?,24-,33?/m0/s1. The molecule has 1 saturated carbocycles. The van der Waals surface area contributed by atoms with Crippen LogP contribution in [0.15, 0.2) is 24.3 Å². The third kappa shape index (κ3) is 5.89. The van der Waals surface area contributed by atoms with Gasteiger partial charge in [-0.15, -0.1) is 0 Å². The summed E-state index contributed by atoms with van der Waals surface area (Å²) in [6, 6.07) is 7.11. The molecule has 8 nitrogen and oxygen atoms in total. The van der Waals surface area contributed by atoms with Crippen molar-refractivity contribution in [2.24, 2.45) is 16.7 Å². The number of amides is 1. The Labute approximate surface area is 242 Å². The van der Waals surface area contributed by atoms with E-state index in [-0.39, 0.29) is 58.3 Å². The van der Waals surface area contributed by atoms with E-state index in [0.29, 0.717) is 29.8 Å². The van der Waals surface area contributed by atoms with E-state index in [0.717, 1.165) is 31.2 Å². The van der Waals surface area contributed by atoms with Gasteiger partial charge in [-0.25, -0.2) is 9.59 Å². The predicted octanol–water partition coefficient (Wildman–Crippen LogP) is 7.34. The summed E-state index contributed by atoms with van der Waals surface area (Å²) < 4.78 is 23.7. The van der Waals surface area contributed by atoms with Crippen LogP contribution in [0.3, 0.4) is 0 Å². The highest BCUT2D eigenvalue weighted by molar-refractivity contribution is 5.96. The van der Waals surface area contributed by atoms with E-state index in [9.17, 15) is 14.7 Å². The lowest BCUT2D eigenvalue weighted by molar-refractivity contribution is 0.0453. The van der Waals surface area contributed by atoms with Gasteiger partial charge in [-0.1, -0.05) is 34.6 Å². The summed E-state index contributed by atoms with van der Waals surface area (Å²) in [6.45, 7) is 13.4. The van der Waals surface area contributed by atoms with Crippen LogP contribution in [0.4, 0.5) is 4.79 Å². The number of ether oxygens (including phenoxy) is 4. The number of methoxy groups -OCH3 is 1. The van der Waals surface area contributed by atoms with Gasteiger partial charge in [-0.05, 0) is 85.6 Å². The molecule has 2 fully saturated rings. The van der Waals surface area contributed by atoms with Gasteiger partial charge < -0.3 is 29.0 Å². The fraction of sp³-hybridized carbons (Fsp3) is 0.576. The monoisotopic (exact) mass is 565 g/mol. The second kappa shape index (κ2) is 10.9. The van der Waals surface area contributed by atoms with E-state index in [1.54, 1.807) is 18.2 Å². The average molecular weight is 566 g/mol. The molecule has 1 aliphatic carbocycles. The van der Waals surface area contributed by atoms with Gasteiger partial charge in [0.15, 0.2) is 11.5 Å². The number of benzene rings is 2. The number of aliphatic hydroxyl groups is 1. The molecule has 5 rings (SSSR count). The van der Waals surface area contributed by atoms with Gasteiger partial charge in [0.05, 0.1) is 13.2 Å². The van der Waals surface area contributed by atoms with Crippen LogP contribution in [-0.2, 0) is 11.3 Å². The van der Waals surface area contributed by atoms with E-state index < -0.39 is 12.1 Å². The first kappa shape index (κ1) is 29.2. The fourth-order valence-electron chi connectivity index (χ4n) is 7.19. The predicted molar refractivity (Wildman–Crippen MR) is 155 cm³/mol. The largest absolute Gasteiger partial charge is 0.495 e. The minimum atomic E-state index is -0.823. The lowest BCUT2D eigenvalue weighted by Gasteiger charge is -2.35. The highest BCUT2D eigenvalue weighted by Crippen LogP contribution is 2.51. The van der Waals surface area contributed by atoms with Crippen LogP contribution in [0, 0.1) is 23.7 Å². The van der Waals surface area contributed by atoms with Crippen molar-refractivity contribution in [2.75, 3.05) is 13.7 Å². The smallest absolute Gasteiger partial charge is 0.415 e. The Morgan fingerprint density at radius 1 is 1.22 bits per heavy atom. The van der Waals surface area contributed by atoms with E-state index in [4.69, 9.17) is 18.9 Å². The lowest BCUT2D eigenvalue weighted by atomic mass is 9.73. The molecule has 1 saturated heterocycles. The molecule has 1 amide bonds. The number of nitrogens with zero attached hydrogens (tertiary/aromatic N) is 1. The van der Waals surface area contributed by atoms with Gasteiger partial charge in [0.25, 0.3) is 0 Å². The summed E-state index contributed by atoms with van der Waals surface area (Å²) in [5, 5.41) is 10.8.